The van der Waals surface area contributed by atoms with Gasteiger partial charge in [0.05, 0.1) is 0 Å². The van der Waals surface area contributed by atoms with Gasteiger partial charge in [0.1, 0.15) is 6.67 Å². The van der Waals surface area contributed by atoms with Gasteiger partial charge in [-0.05, 0) is 0 Å². The first-order valence-corrected chi connectivity index (χ1v) is 3.74. The molecule has 0 aromatic heterocycles. The molecule has 11 heavy (non-hydrogen) atoms. The number of hydrazone groups is 1. The number of alkyl halides is 3. The van der Waals surface area contributed by atoms with Gasteiger partial charge in [-0.15, -0.1) is 0 Å². The maximum Gasteiger partial charge on any atom is 0.250 e. The van der Waals surface area contributed by atoms with Crippen molar-refractivity contribution in [1.29, 1.82) is 5.26 Å². The van der Waals surface area contributed by atoms with Gasteiger partial charge in [0, 0.05) is 0 Å². The second-order valence-electron chi connectivity index (χ2n) is 1.78. The summed E-state index contributed by atoms with van der Waals surface area (Å²) in [5, 5.41) is 12.1. The summed E-state index contributed by atoms with van der Waals surface area (Å²) in [5.41, 5.74) is 2.52. The van der Waals surface area contributed by atoms with Crippen LogP contribution in [0.3, 0.4) is 0 Å². The topological polar surface area (TPSA) is 51.4 Å². The zero-order valence-corrected chi connectivity index (χ0v) is 7.45. The zero-order chi connectivity index (χ0) is 8.48. The Balaban J connectivity index is 2.81. The minimum Gasteiger partial charge on any atom is -0.288 e. The first-order chi connectivity index (χ1) is 5.05. The van der Waals surface area contributed by atoms with E-state index >= 15 is 0 Å². The number of amidine groups is 1. The number of hydrogen-bond donors (Lipinski definition) is 1. The smallest absolute Gasteiger partial charge is 0.250 e. The van der Waals surface area contributed by atoms with Gasteiger partial charge in [-0.1, -0.05) is 34.8 Å². The van der Waals surface area contributed by atoms with Crippen molar-refractivity contribution in [3.05, 3.63) is 0 Å². The van der Waals surface area contributed by atoms with Gasteiger partial charge in [-0.3, -0.25) is 5.43 Å². The predicted octanol–water partition coefficient (Wildman–Crippen LogP) is 1.01. The molecule has 0 saturated heterocycles. The van der Waals surface area contributed by atoms with Crippen LogP contribution in [-0.4, -0.2) is 21.2 Å². The Morgan fingerprint density at radius 3 is 2.64 bits per heavy atom. The first-order valence-electron chi connectivity index (χ1n) is 2.60. The lowest BCUT2D eigenvalue weighted by Crippen LogP contribution is -2.33. The van der Waals surface area contributed by atoms with E-state index in [0.29, 0.717) is 0 Å². The van der Waals surface area contributed by atoms with Crippen LogP contribution in [0.15, 0.2) is 5.10 Å². The standard InChI is InChI=1S/C4H3Cl3N4/c5-4(6,7)3-10-9-2-11(3)1-8/h9H,2H2. The van der Waals surface area contributed by atoms with Crippen LogP contribution in [0, 0.1) is 11.5 Å². The third kappa shape index (κ3) is 1.80. The van der Waals surface area contributed by atoms with Gasteiger partial charge in [-0.2, -0.15) is 10.4 Å². The molecule has 0 fully saturated rings. The Morgan fingerprint density at radius 2 is 2.27 bits per heavy atom. The van der Waals surface area contributed by atoms with Crippen LogP contribution in [0.1, 0.15) is 0 Å². The van der Waals surface area contributed by atoms with E-state index in [2.05, 4.69) is 10.5 Å². The quantitative estimate of drug-likeness (QED) is 0.483. The molecule has 0 amide bonds. The van der Waals surface area contributed by atoms with Crippen molar-refractivity contribution < 1.29 is 0 Å². The van der Waals surface area contributed by atoms with Crippen molar-refractivity contribution in [3.63, 3.8) is 0 Å². The van der Waals surface area contributed by atoms with E-state index in [4.69, 9.17) is 40.1 Å². The molecular weight excluding hydrogens is 210 g/mol. The fraction of sp³-hybridized carbons (Fsp3) is 0.500. The maximum absolute atomic E-state index is 8.48. The van der Waals surface area contributed by atoms with Gasteiger partial charge in [0.25, 0.3) is 3.79 Å². The van der Waals surface area contributed by atoms with Crippen molar-refractivity contribution in [1.82, 2.24) is 10.3 Å². The average Bonchev–Trinajstić information content (AvgIpc) is 2.31. The van der Waals surface area contributed by atoms with Crippen LogP contribution in [0.4, 0.5) is 0 Å². The Morgan fingerprint density at radius 1 is 1.64 bits per heavy atom. The number of hydrogen-bond acceptors (Lipinski definition) is 4. The fourth-order valence-electron chi connectivity index (χ4n) is 0.615. The van der Waals surface area contributed by atoms with E-state index in [1.807, 2.05) is 6.19 Å². The Labute approximate surface area is 78.3 Å². The predicted molar refractivity (Wildman–Crippen MR) is 43.2 cm³/mol. The number of rotatable bonds is 0. The van der Waals surface area contributed by atoms with Gasteiger partial charge < -0.3 is 0 Å². The second-order valence-corrected chi connectivity index (χ2v) is 4.06. The number of nitriles is 1. The summed E-state index contributed by atoms with van der Waals surface area (Å²) in [6.45, 7) is 0.250. The summed E-state index contributed by atoms with van der Waals surface area (Å²) < 4.78 is -1.64. The van der Waals surface area contributed by atoms with Gasteiger partial charge in [0.2, 0.25) is 0 Å². The molecule has 7 heteroatoms. The number of nitrogens with one attached hydrogen (secondary N) is 1. The molecule has 1 rings (SSSR count). The lowest BCUT2D eigenvalue weighted by Gasteiger charge is -2.14. The molecule has 0 bridgehead atoms. The third-order valence-electron chi connectivity index (χ3n) is 1.04. The lowest BCUT2D eigenvalue weighted by molar-refractivity contribution is 0.562. The molecule has 1 aliphatic heterocycles. The third-order valence-corrected chi connectivity index (χ3v) is 1.55. The molecule has 0 atom stereocenters. The van der Waals surface area contributed by atoms with E-state index in [0.717, 1.165) is 4.90 Å². The maximum atomic E-state index is 8.48. The van der Waals surface area contributed by atoms with Crippen molar-refractivity contribution in [2.24, 2.45) is 5.10 Å². The molecule has 60 valence electrons. The van der Waals surface area contributed by atoms with Crippen molar-refractivity contribution in [2.75, 3.05) is 6.67 Å². The molecule has 0 radical (unpaired) electrons. The number of nitrogens with zero attached hydrogens (tertiary/aromatic N) is 3. The minimum atomic E-state index is -1.64. The van der Waals surface area contributed by atoms with Gasteiger partial charge in [-0.25, -0.2) is 4.90 Å². The van der Waals surface area contributed by atoms with Crippen molar-refractivity contribution >= 4 is 40.6 Å². The van der Waals surface area contributed by atoms with Crippen LogP contribution < -0.4 is 5.43 Å². The fourth-order valence-corrected chi connectivity index (χ4v) is 1.05. The van der Waals surface area contributed by atoms with Crippen LogP contribution in [0.5, 0.6) is 0 Å². The summed E-state index contributed by atoms with van der Waals surface area (Å²) >= 11 is 16.4. The zero-order valence-electron chi connectivity index (χ0n) is 5.18. The minimum absolute atomic E-state index is 0.102. The van der Waals surface area contributed by atoms with Crippen molar-refractivity contribution in [2.45, 2.75) is 3.79 Å². The van der Waals surface area contributed by atoms with E-state index < -0.39 is 3.79 Å². The van der Waals surface area contributed by atoms with Gasteiger partial charge in [0.15, 0.2) is 12.0 Å². The molecule has 0 aromatic carbocycles. The summed E-state index contributed by atoms with van der Waals surface area (Å²) in [6, 6.07) is 0. The van der Waals surface area contributed by atoms with E-state index in [1.54, 1.807) is 0 Å². The largest absolute Gasteiger partial charge is 0.288 e. The molecule has 0 unspecified atom stereocenters. The SMILES string of the molecule is N#CN1CNN=C1C(Cl)(Cl)Cl. The highest BCUT2D eigenvalue weighted by Gasteiger charge is 2.35. The van der Waals surface area contributed by atoms with Crippen LogP contribution in [0.25, 0.3) is 0 Å². The first kappa shape index (κ1) is 8.72. The molecule has 0 spiro atoms. The van der Waals surface area contributed by atoms with Crippen LogP contribution in [0.2, 0.25) is 0 Å². The van der Waals surface area contributed by atoms with Crippen LogP contribution in [-0.2, 0) is 0 Å². The van der Waals surface area contributed by atoms with Crippen LogP contribution >= 0.6 is 34.8 Å². The summed E-state index contributed by atoms with van der Waals surface area (Å²) in [6.07, 6.45) is 1.81. The molecular formula is C4H3Cl3N4. The summed E-state index contributed by atoms with van der Waals surface area (Å²) in [7, 11) is 0. The van der Waals surface area contributed by atoms with Gasteiger partial charge >= 0.3 is 0 Å². The lowest BCUT2D eigenvalue weighted by atomic mass is 10.6. The van der Waals surface area contributed by atoms with Crippen molar-refractivity contribution in [3.8, 4) is 6.19 Å². The Bertz CT molecular complexity index is 224. The Hall–Kier alpha value is -0.370. The second kappa shape index (κ2) is 2.94. The molecule has 0 aliphatic carbocycles. The number of halogens is 3. The highest BCUT2D eigenvalue weighted by atomic mass is 35.6. The molecule has 4 nitrogen and oxygen atoms in total. The molecule has 1 N–H and O–H groups in total. The average molecular weight is 213 g/mol. The normalized spacial score (nSPS) is 17.3. The summed E-state index contributed by atoms with van der Waals surface area (Å²) in [4.78, 5) is 1.16. The molecule has 1 heterocycles. The highest BCUT2D eigenvalue weighted by Crippen LogP contribution is 2.30. The van der Waals surface area contributed by atoms with E-state index in [1.165, 1.54) is 0 Å². The monoisotopic (exact) mass is 212 g/mol. The summed E-state index contributed by atoms with van der Waals surface area (Å²) in [5.74, 6) is 0.102. The molecule has 0 aromatic rings. The van der Waals surface area contributed by atoms with E-state index in [9.17, 15) is 0 Å². The Kier molecular flexibility index (Phi) is 2.33. The highest BCUT2D eigenvalue weighted by molar-refractivity contribution is 6.76. The van der Waals surface area contributed by atoms with E-state index in [-0.39, 0.29) is 12.5 Å². The molecule has 1 aliphatic rings. The molecule has 0 saturated carbocycles.